The fourth-order valence-electron chi connectivity index (χ4n) is 3.93. The predicted octanol–water partition coefficient (Wildman–Crippen LogP) is 3.78. The molecule has 4 aromatic rings. The number of aryl methyl sites for hydroxylation is 3. The number of hydrogen-bond acceptors (Lipinski definition) is 4. The molecule has 2 heterocycles. The number of halogens is 2. The van der Waals surface area contributed by atoms with Crippen molar-refractivity contribution in [1.82, 2.24) is 19.5 Å². The lowest BCUT2D eigenvalue weighted by Crippen LogP contribution is -2.31. The zero-order valence-electron chi connectivity index (χ0n) is 19.4. The molecular weight excluding hydrogens is 473 g/mol. The van der Waals surface area contributed by atoms with Crippen LogP contribution in [-0.4, -0.2) is 26.0 Å². The number of nitrogens with one attached hydrogen (secondary N) is 2. The summed E-state index contributed by atoms with van der Waals surface area (Å²) < 4.78 is 15.7. The molecule has 10 heteroatoms. The average molecular weight is 496 g/mol. The second-order valence-corrected chi connectivity index (χ2v) is 8.65. The zero-order chi connectivity index (χ0) is 25.3. The van der Waals surface area contributed by atoms with Gasteiger partial charge in [0, 0.05) is 22.9 Å². The molecular formula is C25H23ClFN5O3. The van der Waals surface area contributed by atoms with Crippen molar-refractivity contribution >= 4 is 34.6 Å². The summed E-state index contributed by atoms with van der Waals surface area (Å²) in [5.41, 5.74) is 3.25. The smallest absolute Gasteiger partial charge is 0.291 e. The van der Waals surface area contributed by atoms with E-state index in [9.17, 15) is 18.8 Å². The van der Waals surface area contributed by atoms with E-state index in [-0.39, 0.29) is 30.3 Å². The molecule has 0 radical (unpaired) electrons. The quantitative estimate of drug-likeness (QED) is 0.425. The van der Waals surface area contributed by atoms with Gasteiger partial charge in [-0.1, -0.05) is 29.8 Å². The first kappa shape index (κ1) is 24.2. The van der Waals surface area contributed by atoms with Crippen molar-refractivity contribution in [3.63, 3.8) is 0 Å². The van der Waals surface area contributed by atoms with E-state index in [2.05, 4.69) is 15.7 Å². The normalized spacial score (nSPS) is 11.0. The predicted molar refractivity (Wildman–Crippen MR) is 131 cm³/mol. The van der Waals surface area contributed by atoms with Crippen LogP contribution in [0.4, 0.5) is 10.1 Å². The number of benzene rings is 2. The third-order valence-electron chi connectivity index (χ3n) is 5.80. The highest BCUT2D eigenvalue weighted by Gasteiger charge is 2.22. The maximum absolute atomic E-state index is 13.2. The third-order valence-corrected chi connectivity index (χ3v) is 6.03. The number of hydrogen-bond donors (Lipinski definition) is 2. The van der Waals surface area contributed by atoms with E-state index in [1.165, 1.54) is 18.5 Å². The van der Waals surface area contributed by atoms with Crippen LogP contribution in [-0.2, 0) is 17.9 Å². The van der Waals surface area contributed by atoms with Gasteiger partial charge in [0.25, 0.3) is 11.5 Å². The van der Waals surface area contributed by atoms with Crippen LogP contribution in [0, 0.1) is 26.6 Å². The largest absolute Gasteiger partial charge is 0.348 e. The van der Waals surface area contributed by atoms with Gasteiger partial charge in [-0.2, -0.15) is 5.10 Å². The molecule has 0 saturated heterocycles. The maximum atomic E-state index is 13.2. The second kappa shape index (κ2) is 9.71. The molecule has 0 fully saturated rings. The van der Waals surface area contributed by atoms with Crippen LogP contribution in [0.5, 0.6) is 0 Å². The molecule has 2 N–H and O–H groups in total. The molecule has 0 bridgehead atoms. The Labute approximate surface area is 205 Å². The minimum atomic E-state index is -0.497. The van der Waals surface area contributed by atoms with Crippen LogP contribution in [0.15, 0.2) is 53.6 Å². The summed E-state index contributed by atoms with van der Waals surface area (Å²) in [7, 11) is 0. The molecule has 0 aliphatic carbocycles. The minimum Gasteiger partial charge on any atom is -0.348 e. The Morgan fingerprint density at radius 3 is 2.51 bits per heavy atom. The summed E-state index contributed by atoms with van der Waals surface area (Å²) in [5, 5.41) is 10.1. The Bertz CT molecular complexity index is 1510. The van der Waals surface area contributed by atoms with E-state index in [0.29, 0.717) is 27.5 Å². The van der Waals surface area contributed by atoms with Gasteiger partial charge in [-0.05, 0) is 61.7 Å². The van der Waals surface area contributed by atoms with Crippen LogP contribution in [0.3, 0.4) is 0 Å². The molecule has 0 atom stereocenters. The van der Waals surface area contributed by atoms with E-state index in [0.717, 1.165) is 15.8 Å². The lowest BCUT2D eigenvalue weighted by Gasteiger charge is -2.10. The number of carbonyl (C=O) groups excluding carboxylic acids is 2. The number of nitrogens with zero attached hydrogens (tertiary/aromatic N) is 3. The number of aromatic nitrogens is 3. The number of carbonyl (C=O) groups is 2. The summed E-state index contributed by atoms with van der Waals surface area (Å²) >= 11 is 6.01. The molecule has 2 aromatic carbocycles. The zero-order valence-corrected chi connectivity index (χ0v) is 20.1. The van der Waals surface area contributed by atoms with E-state index in [1.54, 1.807) is 48.6 Å². The van der Waals surface area contributed by atoms with Gasteiger partial charge < -0.3 is 10.6 Å². The third kappa shape index (κ3) is 4.95. The molecule has 0 spiro atoms. The summed E-state index contributed by atoms with van der Waals surface area (Å²) in [6, 6.07) is 11.0. The number of rotatable bonds is 6. The standard InChI is InChI=1S/C25H23ClFN5O3/c1-14-4-7-18(26)10-20(14)30-21(33)12-32-25(35)23-15(2)22(16(3)31(23)13-29-32)24(34)28-11-17-5-8-19(27)9-6-17/h4-10,13H,11-12H2,1-3H3,(H,28,34)(H,30,33). The van der Waals surface area contributed by atoms with Crippen LogP contribution in [0.1, 0.15) is 32.7 Å². The van der Waals surface area contributed by atoms with E-state index >= 15 is 0 Å². The van der Waals surface area contributed by atoms with Gasteiger partial charge in [-0.15, -0.1) is 0 Å². The van der Waals surface area contributed by atoms with Crippen molar-refractivity contribution in [3.05, 3.63) is 97.9 Å². The first-order valence-corrected chi connectivity index (χ1v) is 11.2. The van der Waals surface area contributed by atoms with E-state index < -0.39 is 11.5 Å². The summed E-state index contributed by atoms with van der Waals surface area (Å²) in [5.74, 6) is -1.16. The second-order valence-electron chi connectivity index (χ2n) is 8.21. The van der Waals surface area contributed by atoms with Crippen molar-refractivity contribution < 1.29 is 14.0 Å². The van der Waals surface area contributed by atoms with Crippen LogP contribution in [0.2, 0.25) is 5.02 Å². The van der Waals surface area contributed by atoms with Crippen molar-refractivity contribution in [2.24, 2.45) is 0 Å². The number of fused-ring (bicyclic) bond motifs is 1. The van der Waals surface area contributed by atoms with Gasteiger partial charge in [-0.3, -0.25) is 18.8 Å². The minimum absolute atomic E-state index is 0.204. The lowest BCUT2D eigenvalue weighted by atomic mass is 10.1. The van der Waals surface area contributed by atoms with Crippen molar-refractivity contribution in [3.8, 4) is 0 Å². The fraction of sp³-hybridized carbons (Fsp3) is 0.200. The lowest BCUT2D eigenvalue weighted by molar-refractivity contribution is -0.117. The van der Waals surface area contributed by atoms with E-state index in [1.807, 2.05) is 6.92 Å². The molecule has 8 nitrogen and oxygen atoms in total. The SMILES string of the molecule is Cc1ccc(Cl)cc1NC(=O)Cn1ncn2c(C)c(C(=O)NCc3ccc(F)cc3)c(C)c2c1=O. The van der Waals surface area contributed by atoms with E-state index in [4.69, 9.17) is 11.6 Å². The number of anilines is 1. The van der Waals surface area contributed by atoms with Crippen molar-refractivity contribution in [1.29, 1.82) is 0 Å². The highest BCUT2D eigenvalue weighted by atomic mass is 35.5. The Morgan fingerprint density at radius 2 is 1.80 bits per heavy atom. The van der Waals surface area contributed by atoms with Gasteiger partial charge in [0.2, 0.25) is 5.91 Å². The molecule has 35 heavy (non-hydrogen) atoms. The molecule has 2 aromatic heterocycles. The summed E-state index contributed by atoms with van der Waals surface area (Å²) in [6.07, 6.45) is 1.41. The fourth-order valence-corrected chi connectivity index (χ4v) is 4.10. The highest BCUT2D eigenvalue weighted by molar-refractivity contribution is 6.31. The molecule has 4 rings (SSSR count). The van der Waals surface area contributed by atoms with Crippen LogP contribution in [0.25, 0.3) is 5.52 Å². The topological polar surface area (TPSA) is 97.5 Å². The van der Waals surface area contributed by atoms with Crippen molar-refractivity contribution in [2.45, 2.75) is 33.9 Å². The number of amides is 2. The van der Waals surface area contributed by atoms with Gasteiger partial charge >= 0.3 is 0 Å². The Morgan fingerprint density at radius 1 is 1.09 bits per heavy atom. The molecule has 0 aliphatic heterocycles. The average Bonchev–Trinajstić information content (AvgIpc) is 3.07. The Hall–Kier alpha value is -3.98. The van der Waals surface area contributed by atoms with Gasteiger partial charge in [0.15, 0.2) is 0 Å². The maximum Gasteiger partial charge on any atom is 0.291 e. The summed E-state index contributed by atoms with van der Waals surface area (Å²) in [6.45, 7) is 5.12. The van der Waals surface area contributed by atoms with Gasteiger partial charge in [-0.25, -0.2) is 9.07 Å². The monoisotopic (exact) mass is 495 g/mol. The van der Waals surface area contributed by atoms with Crippen molar-refractivity contribution in [2.75, 3.05) is 5.32 Å². The molecule has 0 unspecified atom stereocenters. The molecule has 2 amide bonds. The van der Waals surface area contributed by atoms with Crippen LogP contribution >= 0.6 is 11.6 Å². The van der Waals surface area contributed by atoms with Gasteiger partial charge in [0.1, 0.15) is 24.2 Å². The highest BCUT2D eigenvalue weighted by Crippen LogP contribution is 2.21. The molecule has 0 saturated carbocycles. The molecule has 180 valence electrons. The molecule has 0 aliphatic rings. The first-order valence-electron chi connectivity index (χ1n) is 10.8. The summed E-state index contributed by atoms with van der Waals surface area (Å²) in [4.78, 5) is 38.7. The Balaban J connectivity index is 1.57. The van der Waals surface area contributed by atoms with Gasteiger partial charge in [0.05, 0.1) is 5.56 Å². The Kier molecular flexibility index (Phi) is 6.70. The first-order chi connectivity index (χ1) is 16.7. The van der Waals surface area contributed by atoms with Crippen LogP contribution < -0.4 is 16.2 Å².